The van der Waals surface area contributed by atoms with E-state index < -0.39 is 18.9 Å². The Bertz CT molecular complexity index is 1040. The number of carbonyl (C=O) groups excluding carboxylic acids is 1. The third-order valence-corrected chi connectivity index (χ3v) is 4.41. The van der Waals surface area contributed by atoms with E-state index >= 15 is 0 Å². The summed E-state index contributed by atoms with van der Waals surface area (Å²) in [5.74, 6) is -0.116. The van der Waals surface area contributed by atoms with E-state index in [1.165, 1.54) is 19.5 Å². The van der Waals surface area contributed by atoms with Crippen LogP contribution in [0.1, 0.15) is 10.5 Å². The fraction of sp³-hybridized carbons (Fsp3) is 0.188. The fourth-order valence-corrected chi connectivity index (χ4v) is 2.94. The molecule has 1 aromatic carbocycles. The van der Waals surface area contributed by atoms with E-state index in [2.05, 4.69) is 25.6 Å². The van der Waals surface area contributed by atoms with Crippen LogP contribution in [0.3, 0.4) is 0 Å². The molecule has 0 amide bonds. The second kappa shape index (κ2) is 9.19. The van der Waals surface area contributed by atoms with Crippen molar-refractivity contribution in [3.63, 3.8) is 0 Å². The zero-order valence-electron chi connectivity index (χ0n) is 15.0. The van der Waals surface area contributed by atoms with E-state index in [1.807, 2.05) is 0 Å². The maximum absolute atomic E-state index is 12.6. The minimum absolute atomic E-state index is 0.0487. The number of para-hydroxylation sites is 1. The van der Waals surface area contributed by atoms with E-state index in [9.17, 15) is 13.6 Å². The quantitative estimate of drug-likeness (QED) is 0.521. The number of halogens is 3. The molecule has 0 atom stereocenters. The molecule has 0 spiro atoms. The Balaban J connectivity index is 2.00. The van der Waals surface area contributed by atoms with Gasteiger partial charge in [-0.15, -0.1) is 0 Å². The Morgan fingerprint density at radius 1 is 1.34 bits per heavy atom. The van der Waals surface area contributed by atoms with Gasteiger partial charge in [0.2, 0.25) is 0 Å². The number of aromatic nitrogens is 5. The molecule has 0 radical (unpaired) electrons. The summed E-state index contributed by atoms with van der Waals surface area (Å²) in [6, 6.07) is 6.47. The molecule has 0 aliphatic rings. The molecule has 0 saturated heterocycles. The van der Waals surface area contributed by atoms with Crippen molar-refractivity contribution in [3.8, 4) is 17.1 Å². The molecule has 0 aliphatic carbocycles. The molecule has 0 aliphatic heterocycles. The summed E-state index contributed by atoms with van der Waals surface area (Å²) in [5.41, 5.74) is 1.12. The van der Waals surface area contributed by atoms with Crippen LogP contribution in [0, 0.1) is 0 Å². The number of anilines is 2. The number of nitrogens with one attached hydrogen (secondary N) is 1. The molecule has 29 heavy (non-hydrogen) atoms. The van der Waals surface area contributed by atoms with Crippen LogP contribution in [0.25, 0.3) is 11.4 Å². The maximum atomic E-state index is 12.6. The summed E-state index contributed by atoms with van der Waals surface area (Å²) in [7, 11) is 1.43. The molecule has 3 rings (SSSR count). The summed E-state index contributed by atoms with van der Waals surface area (Å²) in [4.78, 5) is 16.0. The van der Waals surface area contributed by atoms with Crippen molar-refractivity contribution >= 4 is 28.9 Å². The van der Waals surface area contributed by atoms with Crippen molar-refractivity contribution in [1.82, 2.24) is 25.0 Å². The van der Waals surface area contributed by atoms with E-state index in [1.54, 1.807) is 18.2 Å². The van der Waals surface area contributed by atoms with Crippen LogP contribution in [0.5, 0.6) is 5.75 Å². The Labute approximate surface area is 178 Å². The van der Waals surface area contributed by atoms with Crippen molar-refractivity contribution in [2.45, 2.75) is 13.0 Å². The van der Waals surface area contributed by atoms with Gasteiger partial charge < -0.3 is 0 Å². The Morgan fingerprint density at radius 3 is 2.83 bits per heavy atom. The van der Waals surface area contributed by atoms with Crippen molar-refractivity contribution in [2.24, 2.45) is 0 Å². The average molecular weight is 475 g/mol. The van der Waals surface area contributed by atoms with Crippen LogP contribution in [0.2, 0.25) is 5.15 Å². The van der Waals surface area contributed by atoms with Gasteiger partial charge in [-0.05, 0) is 0 Å². The molecular formula is C16H12ClF2N6O3Zn. The Kier molecular flexibility index (Phi) is 6.65. The second-order valence-corrected chi connectivity index (χ2v) is 6.55. The third kappa shape index (κ3) is 4.83. The molecule has 2 aromatic heterocycles. The van der Waals surface area contributed by atoms with Gasteiger partial charge in [-0.1, -0.05) is 0 Å². The van der Waals surface area contributed by atoms with Gasteiger partial charge in [0.05, 0.1) is 0 Å². The summed E-state index contributed by atoms with van der Waals surface area (Å²) in [5, 5.41) is 14.6. The van der Waals surface area contributed by atoms with E-state index in [-0.39, 0.29) is 41.0 Å². The van der Waals surface area contributed by atoms with Crippen molar-refractivity contribution in [3.05, 3.63) is 41.4 Å². The summed E-state index contributed by atoms with van der Waals surface area (Å²) < 4.78 is 36.5. The van der Waals surface area contributed by atoms with Gasteiger partial charge >= 0.3 is 163 Å². The number of alkyl halides is 2. The predicted octanol–water partition coefficient (Wildman–Crippen LogP) is 3.02. The second-order valence-electron chi connectivity index (χ2n) is 5.55. The zero-order chi connectivity index (χ0) is 21.0. The number of carbonyl (C=O) groups is 1. The standard InChI is InChI=1S/C16H13ClF2N6O3.Zn/c1-28-14-8(15-20-7-25(24-15)6-12(18)19)3-2-4-9(14)21-10-5-11(17)22-23-13(10)16(26)27;/h2-5,7,12H,6H2,1H3,(H,21,22)(H,26,27);/q;+1/p-1. The summed E-state index contributed by atoms with van der Waals surface area (Å²) in [6.07, 6.45) is -1.34. The molecule has 0 fully saturated rings. The Hall–Kier alpha value is -2.72. The van der Waals surface area contributed by atoms with E-state index in [4.69, 9.17) is 19.9 Å². The van der Waals surface area contributed by atoms with Crippen LogP contribution >= 0.6 is 11.6 Å². The van der Waals surface area contributed by atoms with Gasteiger partial charge in [0, 0.05) is 0 Å². The van der Waals surface area contributed by atoms with Gasteiger partial charge in [0.15, 0.2) is 0 Å². The van der Waals surface area contributed by atoms with Crippen LogP contribution in [0.4, 0.5) is 20.2 Å². The van der Waals surface area contributed by atoms with Crippen LogP contribution < -0.4 is 10.1 Å². The average Bonchev–Trinajstić information content (AvgIpc) is 3.15. The van der Waals surface area contributed by atoms with Gasteiger partial charge in [0.1, 0.15) is 0 Å². The van der Waals surface area contributed by atoms with Gasteiger partial charge in [-0.2, -0.15) is 0 Å². The first-order valence-corrected chi connectivity index (χ1v) is 9.63. The van der Waals surface area contributed by atoms with Crippen molar-refractivity contribution < 1.29 is 40.5 Å². The number of benzene rings is 1. The normalized spacial score (nSPS) is 10.9. The zero-order valence-corrected chi connectivity index (χ0v) is 18.7. The number of nitrogens with zero attached hydrogens (tertiary/aromatic N) is 5. The van der Waals surface area contributed by atoms with Crippen LogP contribution in [0.15, 0.2) is 30.6 Å². The Morgan fingerprint density at radius 2 is 2.14 bits per heavy atom. The number of ether oxygens (including phenoxy) is 1. The summed E-state index contributed by atoms with van der Waals surface area (Å²) >= 11 is 6.19. The topological polar surface area (TPSA) is 104 Å². The van der Waals surface area contributed by atoms with Gasteiger partial charge in [0.25, 0.3) is 6.43 Å². The molecule has 147 valence electrons. The first-order valence-electron chi connectivity index (χ1n) is 8.04. The molecule has 0 unspecified atom stereocenters. The number of methoxy groups -OCH3 is 1. The predicted molar refractivity (Wildman–Crippen MR) is 93.8 cm³/mol. The third-order valence-electron chi connectivity index (χ3n) is 3.68. The number of rotatable bonds is 7. The summed E-state index contributed by atoms with van der Waals surface area (Å²) in [6.45, 7) is -0.570. The first kappa shape index (κ1) is 21.0. The van der Waals surface area contributed by atoms with E-state index in [0.29, 0.717) is 17.0 Å². The molecule has 2 heterocycles. The van der Waals surface area contributed by atoms with Gasteiger partial charge in [-0.25, -0.2) is 8.78 Å². The molecule has 3 aromatic rings. The van der Waals surface area contributed by atoms with Gasteiger partial charge in [-0.3, -0.25) is 0 Å². The number of hydrogen-bond donors (Lipinski definition) is 1. The minimum atomic E-state index is -2.55. The molecule has 0 bridgehead atoms. The van der Waals surface area contributed by atoms with Crippen molar-refractivity contribution in [1.29, 1.82) is 0 Å². The number of hydrogen-bond acceptors (Lipinski definition) is 8. The monoisotopic (exact) mass is 473 g/mol. The molecule has 13 heteroatoms. The molecule has 9 nitrogen and oxygen atoms in total. The fourth-order valence-electron chi connectivity index (χ4n) is 2.51. The SMILES string of the molecule is COc1c(Nc2cc(Cl)nnc2C(=O)[O][Zn])cccc1-c1ncn(CC(F)F)n1. The van der Waals surface area contributed by atoms with Crippen LogP contribution in [-0.4, -0.2) is 44.5 Å². The first-order chi connectivity index (χ1) is 13.9. The van der Waals surface area contributed by atoms with Crippen molar-refractivity contribution in [2.75, 3.05) is 12.4 Å². The van der Waals surface area contributed by atoms with E-state index in [0.717, 1.165) is 4.68 Å². The van der Waals surface area contributed by atoms with Crippen LogP contribution in [-0.2, 0) is 28.8 Å². The molecular weight excluding hydrogens is 463 g/mol. The molecule has 1 N–H and O–H groups in total. The molecule has 0 saturated carbocycles.